The molecule has 31 heavy (non-hydrogen) atoms. The van der Waals surface area contributed by atoms with E-state index in [0.717, 1.165) is 60.8 Å². The van der Waals surface area contributed by atoms with Crippen molar-refractivity contribution in [3.05, 3.63) is 53.9 Å². The van der Waals surface area contributed by atoms with Crippen molar-refractivity contribution in [1.82, 2.24) is 9.88 Å². The van der Waals surface area contributed by atoms with Crippen LogP contribution in [0.1, 0.15) is 43.6 Å². The summed E-state index contributed by atoms with van der Waals surface area (Å²) in [7, 11) is 0. The molecule has 0 bridgehead atoms. The number of benzene rings is 1. The second-order valence-electron chi connectivity index (χ2n) is 8.10. The molecule has 2 fully saturated rings. The Morgan fingerprint density at radius 2 is 2.03 bits per heavy atom. The number of amidine groups is 1. The minimum atomic E-state index is 0.00163. The van der Waals surface area contributed by atoms with Crippen molar-refractivity contribution in [2.75, 3.05) is 43.6 Å². The Kier molecular flexibility index (Phi) is 6.05. The molecular formula is C24H30N4O2S. The van der Waals surface area contributed by atoms with Gasteiger partial charge in [0.1, 0.15) is 11.8 Å². The Hall–Kier alpha value is -2.25. The quantitative estimate of drug-likeness (QED) is 0.670. The third kappa shape index (κ3) is 3.89. The van der Waals surface area contributed by atoms with E-state index >= 15 is 0 Å². The molecule has 4 heterocycles. The molecule has 0 spiro atoms. The van der Waals surface area contributed by atoms with E-state index in [1.807, 2.05) is 30.9 Å². The average Bonchev–Trinajstić information content (AvgIpc) is 3.39. The fraction of sp³-hybridized carbons (Fsp3) is 0.500. The lowest BCUT2D eigenvalue weighted by Gasteiger charge is -2.34. The summed E-state index contributed by atoms with van der Waals surface area (Å²) >= 11 is 1.88. The van der Waals surface area contributed by atoms with Crippen molar-refractivity contribution in [2.45, 2.75) is 38.4 Å². The van der Waals surface area contributed by atoms with Crippen LogP contribution in [0.15, 0.2) is 47.6 Å². The second kappa shape index (κ2) is 9.09. The van der Waals surface area contributed by atoms with E-state index < -0.39 is 0 Å². The first-order chi connectivity index (χ1) is 15.3. The Balaban J connectivity index is 1.54. The second-order valence-corrected chi connectivity index (χ2v) is 9.08. The van der Waals surface area contributed by atoms with Gasteiger partial charge < -0.3 is 19.3 Å². The summed E-state index contributed by atoms with van der Waals surface area (Å²) < 4.78 is 11.7. The van der Waals surface area contributed by atoms with Crippen molar-refractivity contribution in [2.24, 2.45) is 4.99 Å². The molecule has 3 aliphatic rings. The van der Waals surface area contributed by atoms with Crippen LogP contribution < -0.4 is 9.64 Å². The van der Waals surface area contributed by atoms with Crippen LogP contribution in [0, 0.1) is 0 Å². The van der Waals surface area contributed by atoms with Crippen LogP contribution in [0.25, 0.3) is 0 Å². The van der Waals surface area contributed by atoms with Crippen LogP contribution in [0.3, 0.4) is 0 Å². The fourth-order valence-electron chi connectivity index (χ4n) is 4.76. The van der Waals surface area contributed by atoms with Gasteiger partial charge in [0.15, 0.2) is 5.17 Å². The van der Waals surface area contributed by atoms with Crippen molar-refractivity contribution in [1.29, 1.82) is 0 Å². The summed E-state index contributed by atoms with van der Waals surface area (Å²) in [6, 6.07) is 13.5. The normalized spacial score (nSPS) is 25.5. The van der Waals surface area contributed by atoms with Crippen LogP contribution in [-0.4, -0.2) is 59.8 Å². The summed E-state index contributed by atoms with van der Waals surface area (Å²) in [4.78, 5) is 14.7. The Bertz CT molecular complexity index is 932. The van der Waals surface area contributed by atoms with Gasteiger partial charge >= 0.3 is 0 Å². The van der Waals surface area contributed by atoms with Crippen molar-refractivity contribution in [3.8, 4) is 5.75 Å². The van der Waals surface area contributed by atoms with Crippen LogP contribution in [-0.2, 0) is 4.74 Å². The lowest BCUT2D eigenvalue weighted by Crippen LogP contribution is -2.37. The number of nitrogens with zero attached hydrogens (tertiary/aromatic N) is 4. The molecule has 2 saturated heterocycles. The molecule has 3 aliphatic heterocycles. The van der Waals surface area contributed by atoms with Gasteiger partial charge in [-0.15, -0.1) is 0 Å². The number of ether oxygens (including phenoxy) is 2. The fourth-order valence-corrected chi connectivity index (χ4v) is 6.10. The van der Waals surface area contributed by atoms with E-state index in [2.05, 4.69) is 52.0 Å². The van der Waals surface area contributed by atoms with Gasteiger partial charge in [0, 0.05) is 31.1 Å². The number of rotatable bonds is 6. The van der Waals surface area contributed by atoms with Crippen LogP contribution in [0.5, 0.6) is 5.75 Å². The molecule has 5 rings (SSSR count). The van der Waals surface area contributed by atoms with Gasteiger partial charge in [0.2, 0.25) is 0 Å². The van der Waals surface area contributed by atoms with Crippen LogP contribution in [0.4, 0.5) is 5.69 Å². The number of hydrogen-bond acceptors (Lipinski definition) is 7. The van der Waals surface area contributed by atoms with E-state index in [0.29, 0.717) is 12.6 Å². The number of thioether (sulfide) groups is 1. The number of anilines is 1. The molecular weight excluding hydrogens is 408 g/mol. The van der Waals surface area contributed by atoms with Crippen molar-refractivity contribution >= 4 is 22.6 Å². The molecule has 0 N–H and O–H groups in total. The minimum absolute atomic E-state index is 0.00163. The zero-order chi connectivity index (χ0) is 21.2. The van der Waals surface area contributed by atoms with Crippen LogP contribution >= 0.6 is 11.8 Å². The van der Waals surface area contributed by atoms with Gasteiger partial charge in [0.25, 0.3) is 0 Å². The first-order valence-corrected chi connectivity index (χ1v) is 12.3. The molecule has 1 aromatic carbocycles. The van der Waals surface area contributed by atoms with Crippen LogP contribution in [0.2, 0.25) is 0 Å². The highest BCUT2D eigenvalue weighted by Gasteiger charge is 2.45. The van der Waals surface area contributed by atoms with Gasteiger partial charge in [-0.05, 0) is 43.2 Å². The number of fused-ring (bicyclic) bond motifs is 1. The standard InChI is InChI=1S/C24H30N4O2S/c1-3-18-16-31-24-26-22(19-7-5-6-10-25-19)23(28(18)24)17-8-9-20(21(15-17)30-4-2)27-11-13-29-14-12-27/h5-10,15,18,22-23H,3-4,11-14,16H2,1-2H3. The highest BCUT2D eigenvalue weighted by molar-refractivity contribution is 8.14. The van der Waals surface area contributed by atoms with Gasteiger partial charge in [-0.25, -0.2) is 0 Å². The van der Waals surface area contributed by atoms with E-state index in [1.54, 1.807) is 0 Å². The van der Waals surface area contributed by atoms with Crippen molar-refractivity contribution < 1.29 is 9.47 Å². The van der Waals surface area contributed by atoms with E-state index in [1.165, 1.54) is 5.56 Å². The zero-order valence-corrected chi connectivity index (χ0v) is 19.1. The Morgan fingerprint density at radius 1 is 1.16 bits per heavy atom. The molecule has 7 heteroatoms. The molecule has 0 radical (unpaired) electrons. The highest BCUT2D eigenvalue weighted by Crippen LogP contribution is 2.49. The molecule has 2 aromatic rings. The first-order valence-electron chi connectivity index (χ1n) is 11.3. The SMILES string of the molecule is CCOc1cc(C2C(c3ccccn3)N=C3SCC(CC)N32)ccc1N1CCOCC1. The predicted molar refractivity (Wildman–Crippen MR) is 126 cm³/mol. The molecule has 1 aromatic heterocycles. The van der Waals surface area contributed by atoms with Gasteiger partial charge in [0.05, 0.1) is 37.2 Å². The monoisotopic (exact) mass is 438 g/mol. The van der Waals surface area contributed by atoms with E-state index in [9.17, 15) is 0 Å². The summed E-state index contributed by atoms with van der Waals surface area (Å²) in [6.45, 7) is 8.28. The molecule has 0 aliphatic carbocycles. The third-order valence-corrected chi connectivity index (χ3v) is 7.43. The predicted octanol–water partition coefficient (Wildman–Crippen LogP) is 4.30. The maximum atomic E-state index is 6.14. The Morgan fingerprint density at radius 3 is 2.77 bits per heavy atom. The van der Waals surface area contributed by atoms with E-state index in [4.69, 9.17) is 14.5 Å². The minimum Gasteiger partial charge on any atom is -0.492 e. The van der Waals surface area contributed by atoms with Crippen molar-refractivity contribution in [3.63, 3.8) is 0 Å². The van der Waals surface area contributed by atoms with Gasteiger partial charge in [-0.1, -0.05) is 30.8 Å². The third-order valence-electron chi connectivity index (χ3n) is 6.31. The lowest BCUT2D eigenvalue weighted by molar-refractivity contribution is 0.122. The molecule has 3 unspecified atom stereocenters. The molecule has 0 saturated carbocycles. The first kappa shape index (κ1) is 20.6. The maximum absolute atomic E-state index is 6.14. The zero-order valence-electron chi connectivity index (χ0n) is 18.2. The molecule has 0 amide bonds. The summed E-state index contributed by atoms with van der Waals surface area (Å²) in [5, 5.41) is 1.16. The van der Waals surface area contributed by atoms with Gasteiger partial charge in [-0.2, -0.15) is 0 Å². The summed E-state index contributed by atoms with van der Waals surface area (Å²) in [6.07, 6.45) is 2.98. The number of aliphatic imine (C=N–C) groups is 1. The molecule has 6 nitrogen and oxygen atoms in total. The van der Waals surface area contributed by atoms with Gasteiger partial charge in [-0.3, -0.25) is 9.98 Å². The highest BCUT2D eigenvalue weighted by atomic mass is 32.2. The Labute approximate surface area is 188 Å². The number of pyridine rings is 1. The molecule has 3 atom stereocenters. The summed E-state index contributed by atoms with van der Waals surface area (Å²) in [5.74, 6) is 2.06. The van der Waals surface area contributed by atoms with E-state index in [-0.39, 0.29) is 12.1 Å². The average molecular weight is 439 g/mol. The number of morpholine rings is 1. The number of aromatic nitrogens is 1. The largest absolute Gasteiger partial charge is 0.492 e. The lowest BCUT2D eigenvalue weighted by atomic mass is 9.94. The molecule has 164 valence electrons. The number of hydrogen-bond donors (Lipinski definition) is 0. The smallest absolute Gasteiger partial charge is 0.160 e. The summed E-state index contributed by atoms with van der Waals surface area (Å²) in [5.41, 5.74) is 3.43. The maximum Gasteiger partial charge on any atom is 0.160 e. The topological polar surface area (TPSA) is 50.2 Å².